The minimum Gasteiger partial charge on any atom is -0.342 e. The first-order valence-corrected chi connectivity index (χ1v) is 9.77. The van der Waals surface area contributed by atoms with E-state index < -0.39 is 10.0 Å². The first-order chi connectivity index (χ1) is 9.97. The van der Waals surface area contributed by atoms with E-state index >= 15 is 0 Å². The summed E-state index contributed by atoms with van der Waals surface area (Å²) in [5, 5.41) is 0. The highest BCUT2D eigenvalue weighted by Crippen LogP contribution is 2.12. The Labute approximate surface area is 128 Å². The van der Waals surface area contributed by atoms with E-state index in [2.05, 4.69) is 4.90 Å². The molecule has 7 heteroatoms. The molecule has 122 valence electrons. The van der Waals surface area contributed by atoms with Crippen molar-refractivity contribution in [2.45, 2.75) is 32.1 Å². The second-order valence-electron chi connectivity index (χ2n) is 6.09. The third-order valence-corrected chi connectivity index (χ3v) is 5.67. The van der Waals surface area contributed by atoms with Crippen molar-refractivity contribution in [2.75, 3.05) is 52.1 Å². The van der Waals surface area contributed by atoms with Crippen molar-refractivity contribution >= 4 is 15.9 Å². The molecule has 2 aliphatic heterocycles. The van der Waals surface area contributed by atoms with Crippen molar-refractivity contribution in [3.8, 4) is 0 Å². The molecular weight excluding hydrogens is 290 g/mol. The Morgan fingerprint density at radius 3 is 1.90 bits per heavy atom. The lowest BCUT2D eigenvalue weighted by molar-refractivity contribution is -0.133. The Kier molecular flexibility index (Phi) is 6.01. The van der Waals surface area contributed by atoms with E-state index in [1.54, 1.807) is 0 Å². The molecule has 0 spiro atoms. The van der Waals surface area contributed by atoms with Crippen LogP contribution in [0.3, 0.4) is 0 Å². The summed E-state index contributed by atoms with van der Waals surface area (Å²) < 4.78 is 24.4. The van der Waals surface area contributed by atoms with Crippen LogP contribution in [0.25, 0.3) is 0 Å². The van der Waals surface area contributed by atoms with Crippen molar-refractivity contribution < 1.29 is 13.2 Å². The van der Waals surface area contributed by atoms with E-state index in [0.717, 1.165) is 25.9 Å². The van der Waals surface area contributed by atoms with Crippen molar-refractivity contribution in [3.05, 3.63) is 0 Å². The summed E-state index contributed by atoms with van der Waals surface area (Å²) in [6.45, 7) is 4.46. The van der Waals surface area contributed by atoms with Crippen LogP contribution in [-0.4, -0.2) is 80.5 Å². The van der Waals surface area contributed by atoms with E-state index in [4.69, 9.17) is 0 Å². The van der Waals surface area contributed by atoms with Crippen LogP contribution in [-0.2, 0) is 14.8 Å². The van der Waals surface area contributed by atoms with E-state index in [1.807, 2.05) is 4.90 Å². The lowest BCUT2D eigenvalue weighted by atomic mass is 10.1. The number of carbonyl (C=O) groups excluding carboxylic acids is 1. The minimum absolute atomic E-state index is 0.199. The van der Waals surface area contributed by atoms with E-state index in [1.165, 1.54) is 29.8 Å². The smallest absolute Gasteiger partial charge is 0.236 e. The van der Waals surface area contributed by atoms with Gasteiger partial charge >= 0.3 is 0 Å². The Balaban J connectivity index is 1.78. The van der Waals surface area contributed by atoms with Gasteiger partial charge in [-0.1, -0.05) is 19.3 Å². The molecule has 2 heterocycles. The molecule has 0 aromatic rings. The second kappa shape index (κ2) is 7.56. The van der Waals surface area contributed by atoms with Gasteiger partial charge in [0.1, 0.15) is 0 Å². The first kappa shape index (κ1) is 16.7. The Morgan fingerprint density at radius 1 is 0.857 bits per heavy atom. The number of rotatable bonds is 3. The molecule has 1 amide bonds. The number of nitrogens with zero attached hydrogens (tertiary/aromatic N) is 3. The van der Waals surface area contributed by atoms with Crippen LogP contribution < -0.4 is 0 Å². The monoisotopic (exact) mass is 317 g/mol. The minimum atomic E-state index is -3.10. The van der Waals surface area contributed by atoms with Gasteiger partial charge in [-0.05, 0) is 12.8 Å². The molecular formula is C14H27N3O3S. The maximum absolute atomic E-state index is 12.4. The summed E-state index contributed by atoms with van der Waals surface area (Å²) in [5.74, 6) is 0.199. The number of piperazine rings is 1. The van der Waals surface area contributed by atoms with Gasteiger partial charge in [0.05, 0.1) is 12.8 Å². The second-order valence-corrected chi connectivity index (χ2v) is 8.07. The van der Waals surface area contributed by atoms with Crippen molar-refractivity contribution in [3.63, 3.8) is 0 Å². The number of likely N-dealkylation sites (tertiary alicyclic amines) is 1. The normalized spacial score (nSPS) is 23.6. The molecule has 0 radical (unpaired) electrons. The van der Waals surface area contributed by atoms with Crippen LogP contribution in [0.15, 0.2) is 0 Å². The maximum atomic E-state index is 12.4. The van der Waals surface area contributed by atoms with E-state index in [9.17, 15) is 13.2 Å². The zero-order valence-corrected chi connectivity index (χ0v) is 13.8. The van der Waals surface area contributed by atoms with Crippen molar-refractivity contribution in [2.24, 2.45) is 0 Å². The van der Waals surface area contributed by atoms with Crippen LogP contribution in [0.5, 0.6) is 0 Å². The standard InChI is InChI=1S/C14H27N3O3S/c1-21(19,20)17-11-9-15(10-12-17)13-14(18)16-7-5-3-2-4-6-8-16/h2-13H2,1H3. The molecule has 0 N–H and O–H groups in total. The van der Waals surface area contributed by atoms with Crippen LogP contribution in [0.4, 0.5) is 0 Å². The van der Waals surface area contributed by atoms with Gasteiger partial charge in [0.15, 0.2) is 0 Å². The fourth-order valence-corrected chi connectivity index (χ4v) is 3.83. The highest BCUT2D eigenvalue weighted by molar-refractivity contribution is 7.88. The fraction of sp³-hybridized carbons (Fsp3) is 0.929. The molecule has 2 fully saturated rings. The number of amides is 1. The lowest BCUT2D eigenvalue weighted by Gasteiger charge is -2.34. The summed E-state index contributed by atoms with van der Waals surface area (Å²) in [6, 6.07) is 0. The molecule has 2 aliphatic rings. The molecule has 0 aromatic carbocycles. The van der Waals surface area contributed by atoms with E-state index in [-0.39, 0.29) is 5.91 Å². The Bertz CT molecular complexity index is 436. The molecule has 0 atom stereocenters. The number of carbonyl (C=O) groups is 1. The summed E-state index contributed by atoms with van der Waals surface area (Å²) >= 11 is 0. The third-order valence-electron chi connectivity index (χ3n) is 4.37. The SMILES string of the molecule is CS(=O)(=O)N1CCN(CC(=O)N2CCCCCCC2)CC1. The highest BCUT2D eigenvalue weighted by atomic mass is 32.2. The topological polar surface area (TPSA) is 60.9 Å². The number of sulfonamides is 1. The van der Waals surface area contributed by atoms with E-state index in [0.29, 0.717) is 32.7 Å². The maximum Gasteiger partial charge on any atom is 0.236 e. The van der Waals surface area contributed by atoms with Gasteiger partial charge in [0.25, 0.3) is 0 Å². The zero-order chi connectivity index (χ0) is 15.3. The molecule has 2 rings (SSSR count). The van der Waals surface area contributed by atoms with Crippen LogP contribution >= 0.6 is 0 Å². The largest absolute Gasteiger partial charge is 0.342 e. The Morgan fingerprint density at radius 2 is 1.38 bits per heavy atom. The zero-order valence-electron chi connectivity index (χ0n) is 13.0. The number of hydrogen-bond donors (Lipinski definition) is 0. The van der Waals surface area contributed by atoms with Gasteiger partial charge in [0, 0.05) is 39.3 Å². The molecule has 0 unspecified atom stereocenters. The average molecular weight is 317 g/mol. The van der Waals surface area contributed by atoms with Gasteiger partial charge in [-0.2, -0.15) is 4.31 Å². The molecule has 0 bridgehead atoms. The summed E-state index contributed by atoms with van der Waals surface area (Å²) in [7, 11) is -3.10. The van der Waals surface area contributed by atoms with Gasteiger partial charge in [-0.15, -0.1) is 0 Å². The summed E-state index contributed by atoms with van der Waals surface area (Å²) in [6.07, 6.45) is 7.18. The molecule has 21 heavy (non-hydrogen) atoms. The number of hydrogen-bond acceptors (Lipinski definition) is 4. The first-order valence-electron chi connectivity index (χ1n) is 7.92. The average Bonchev–Trinajstić information content (AvgIpc) is 2.37. The van der Waals surface area contributed by atoms with Gasteiger partial charge in [0.2, 0.25) is 15.9 Å². The van der Waals surface area contributed by atoms with Crippen molar-refractivity contribution in [1.29, 1.82) is 0 Å². The quantitative estimate of drug-likeness (QED) is 0.754. The molecule has 0 saturated carbocycles. The van der Waals surface area contributed by atoms with Gasteiger partial charge in [-0.3, -0.25) is 9.69 Å². The highest BCUT2D eigenvalue weighted by Gasteiger charge is 2.25. The molecule has 0 aliphatic carbocycles. The fourth-order valence-electron chi connectivity index (χ4n) is 3.01. The predicted molar refractivity (Wildman–Crippen MR) is 82.5 cm³/mol. The summed E-state index contributed by atoms with van der Waals surface area (Å²) in [4.78, 5) is 16.4. The molecule has 0 aromatic heterocycles. The van der Waals surface area contributed by atoms with Gasteiger partial charge in [-0.25, -0.2) is 8.42 Å². The van der Waals surface area contributed by atoms with Crippen LogP contribution in [0.2, 0.25) is 0 Å². The molecule has 2 saturated heterocycles. The summed E-state index contributed by atoms with van der Waals surface area (Å²) in [5.41, 5.74) is 0. The van der Waals surface area contributed by atoms with Crippen LogP contribution in [0.1, 0.15) is 32.1 Å². The third kappa shape index (κ3) is 5.23. The molecule has 6 nitrogen and oxygen atoms in total. The van der Waals surface area contributed by atoms with Gasteiger partial charge < -0.3 is 4.90 Å². The van der Waals surface area contributed by atoms with Crippen LogP contribution in [0, 0.1) is 0 Å². The Hall–Kier alpha value is -0.660. The lowest BCUT2D eigenvalue weighted by Crippen LogP contribution is -2.51. The van der Waals surface area contributed by atoms with Crippen molar-refractivity contribution in [1.82, 2.24) is 14.1 Å². The predicted octanol–water partition coefficient (Wildman–Crippen LogP) is 0.356.